The lowest BCUT2D eigenvalue weighted by molar-refractivity contribution is -0.140. The maximum atomic E-state index is 14.6. The summed E-state index contributed by atoms with van der Waals surface area (Å²) < 4.78 is 50.5. The first-order valence-electron chi connectivity index (χ1n) is 14.7. The van der Waals surface area contributed by atoms with Crippen molar-refractivity contribution in [3.8, 4) is 0 Å². The molecule has 1 aliphatic carbocycles. The van der Waals surface area contributed by atoms with E-state index in [0.29, 0.717) is 19.5 Å². The van der Waals surface area contributed by atoms with Gasteiger partial charge >= 0.3 is 5.97 Å². The molecular formula is C33H40N2O7S2. The Balaban J connectivity index is 1.42. The Morgan fingerprint density at radius 1 is 0.886 bits per heavy atom. The zero-order valence-corrected chi connectivity index (χ0v) is 27.2. The molecule has 1 N–H and O–H groups in total. The number of benzene rings is 2. The fourth-order valence-corrected chi connectivity index (χ4v) is 11.0. The van der Waals surface area contributed by atoms with E-state index in [-0.39, 0.29) is 48.2 Å². The molecule has 1 amide bonds. The van der Waals surface area contributed by atoms with Crippen LogP contribution in [-0.2, 0) is 30.1 Å². The SMILES string of the molecule is CC1(C)C(c2ccc(C(=O)O)cc2)=CC[C@]2(C)CN(C(=O)C3(c4ccccc4)CCN(S(=O)(=O)CS(C)(=O)=O)CC3)CC=C12. The quantitative estimate of drug-likeness (QED) is 0.446. The van der Waals surface area contributed by atoms with Crippen molar-refractivity contribution in [3.05, 3.63) is 89.0 Å². The van der Waals surface area contributed by atoms with Gasteiger partial charge < -0.3 is 10.0 Å². The van der Waals surface area contributed by atoms with Gasteiger partial charge in [-0.05, 0) is 48.1 Å². The molecule has 0 saturated carbocycles. The number of nitrogens with zero attached hydrogens (tertiary/aromatic N) is 2. The molecule has 0 aromatic heterocycles. The zero-order valence-electron chi connectivity index (χ0n) is 25.6. The summed E-state index contributed by atoms with van der Waals surface area (Å²) in [6.07, 6.45) is 6.49. The lowest BCUT2D eigenvalue weighted by Crippen LogP contribution is -2.57. The minimum Gasteiger partial charge on any atom is -0.478 e. The molecule has 1 atom stereocenters. The van der Waals surface area contributed by atoms with Gasteiger partial charge in [0, 0.05) is 43.3 Å². The Morgan fingerprint density at radius 3 is 2.07 bits per heavy atom. The summed E-state index contributed by atoms with van der Waals surface area (Å²) in [5.41, 5.74) is 2.82. The van der Waals surface area contributed by atoms with Crippen molar-refractivity contribution in [2.75, 3.05) is 37.5 Å². The molecule has 236 valence electrons. The minimum absolute atomic E-state index is 0.0442. The molecule has 9 nitrogen and oxygen atoms in total. The van der Waals surface area contributed by atoms with E-state index < -0.39 is 36.3 Å². The summed E-state index contributed by atoms with van der Waals surface area (Å²) >= 11 is 0. The number of sulfone groups is 1. The number of carboxylic acid groups (broad SMARTS) is 1. The maximum absolute atomic E-state index is 14.6. The number of carboxylic acids is 1. The summed E-state index contributed by atoms with van der Waals surface area (Å²) in [4.78, 5) is 27.8. The molecule has 2 aromatic rings. The predicted molar refractivity (Wildman–Crippen MR) is 170 cm³/mol. The largest absolute Gasteiger partial charge is 0.478 e. The van der Waals surface area contributed by atoms with E-state index in [0.717, 1.165) is 23.0 Å². The van der Waals surface area contributed by atoms with Gasteiger partial charge in [0.15, 0.2) is 14.9 Å². The van der Waals surface area contributed by atoms with E-state index in [4.69, 9.17) is 0 Å². The van der Waals surface area contributed by atoms with Crippen LogP contribution in [0.25, 0.3) is 5.57 Å². The van der Waals surface area contributed by atoms with Crippen molar-refractivity contribution in [3.63, 3.8) is 0 Å². The van der Waals surface area contributed by atoms with Crippen LogP contribution < -0.4 is 0 Å². The lowest BCUT2D eigenvalue weighted by atomic mass is 9.58. The number of piperidine rings is 1. The predicted octanol–water partition coefficient (Wildman–Crippen LogP) is 4.34. The number of carbonyl (C=O) groups excluding carboxylic acids is 1. The zero-order chi connectivity index (χ0) is 32.1. The molecule has 0 spiro atoms. The number of hydrogen-bond donors (Lipinski definition) is 1. The van der Waals surface area contributed by atoms with Crippen molar-refractivity contribution < 1.29 is 31.5 Å². The van der Waals surface area contributed by atoms with Crippen LogP contribution in [0.5, 0.6) is 0 Å². The molecule has 2 aromatic carbocycles. The molecule has 11 heteroatoms. The van der Waals surface area contributed by atoms with Crippen LogP contribution in [0.15, 0.2) is 72.3 Å². The number of aromatic carboxylic acids is 1. The Hall–Kier alpha value is -3.28. The second kappa shape index (κ2) is 11.3. The highest BCUT2D eigenvalue weighted by Gasteiger charge is 2.51. The normalized spacial score (nSPS) is 23.7. The first kappa shape index (κ1) is 32.1. The highest BCUT2D eigenvalue weighted by atomic mass is 32.3. The molecule has 0 bridgehead atoms. The van der Waals surface area contributed by atoms with Crippen LogP contribution >= 0.6 is 0 Å². The van der Waals surface area contributed by atoms with E-state index in [1.807, 2.05) is 47.4 Å². The molecular weight excluding hydrogens is 601 g/mol. The molecule has 1 fully saturated rings. The van der Waals surface area contributed by atoms with Crippen molar-refractivity contribution in [2.45, 2.75) is 45.4 Å². The van der Waals surface area contributed by atoms with Crippen LogP contribution in [-0.4, -0.2) is 80.5 Å². The second-order valence-electron chi connectivity index (χ2n) is 13.2. The van der Waals surface area contributed by atoms with Gasteiger partial charge in [-0.2, -0.15) is 0 Å². The molecule has 44 heavy (non-hydrogen) atoms. The molecule has 2 heterocycles. The maximum Gasteiger partial charge on any atom is 0.335 e. The van der Waals surface area contributed by atoms with Crippen LogP contribution in [0.3, 0.4) is 0 Å². The van der Waals surface area contributed by atoms with Gasteiger partial charge in [0.05, 0.1) is 11.0 Å². The van der Waals surface area contributed by atoms with Crippen molar-refractivity contribution >= 4 is 37.3 Å². The third-order valence-electron chi connectivity index (χ3n) is 9.61. The molecule has 0 radical (unpaired) electrons. The molecule has 2 aliphatic heterocycles. The summed E-state index contributed by atoms with van der Waals surface area (Å²) in [6, 6.07) is 16.4. The molecule has 5 rings (SSSR count). The highest BCUT2D eigenvalue weighted by Crippen LogP contribution is 2.55. The average Bonchev–Trinajstić information content (AvgIpc) is 2.95. The van der Waals surface area contributed by atoms with Crippen LogP contribution in [0.2, 0.25) is 0 Å². The van der Waals surface area contributed by atoms with Crippen molar-refractivity contribution in [2.24, 2.45) is 10.8 Å². The number of sulfonamides is 1. The Labute approximate surface area is 260 Å². The second-order valence-corrected chi connectivity index (χ2v) is 17.7. The summed E-state index contributed by atoms with van der Waals surface area (Å²) in [5.74, 6) is -1.01. The Kier molecular flexibility index (Phi) is 8.22. The van der Waals surface area contributed by atoms with Crippen LogP contribution in [0, 0.1) is 10.8 Å². The van der Waals surface area contributed by atoms with Crippen LogP contribution in [0.1, 0.15) is 61.5 Å². The molecule has 1 saturated heterocycles. The summed E-state index contributed by atoms with van der Waals surface area (Å²) in [7, 11) is -7.76. The average molecular weight is 641 g/mol. The standard InChI is InChI=1S/C33H40N2O7S2/c1-31(2)27(24-10-12-25(13-11-24)29(36)37)14-16-32(3)22-34(19-15-28(31)32)30(38)33(26-8-6-5-7-9-26)17-20-35(21-18-33)44(41,42)23-43(4,39)40/h5-15H,16-23H2,1-4H3,(H,36,37)/t32-/m1/s1. The fourth-order valence-electron chi connectivity index (χ4n) is 7.53. The monoisotopic (exact) mass is 640 g/mol. The number of amides is 1. The van der Waals surface area contributed by atoms with Gasteiger partial charge in [0.25, 0.3) is 0 Å². The molecule has 3 aliphatic rings. The van der Waals surface area contributed by atoms with Gasteiger partial charge in [-0.25, -0.2) is 25.9 Å². The Morgan fingerprint density at radius 2 is 1.50 bits per heavy atom. The summed E-state index contributed by atoms with van der Waals surface area (Å²) in [6.45, 7) is 7.56. The summed E-state index contributed by atoms with van der Waals surface area (Å²) in [5, 5.41) is 8.37. The first-order chi connectivity index (χ1) is 20.5. The fraction of sp³-hybridized carbons (Fsp3) is 0.455. The van der Waals surface area contributed by atoms with E-state index in [2.05, 4.69) is 32.9 Å². The molecule has 0 unspecified atom stereocenters. The van der Waals surface area contributed by atoms with Gasteiger partial charge in [0.2, 0.25) is 15.9 Å². The van der Waals surface area contributed by atoms with E-state index in [9.17, 15) is 31.5 Å². The minimum atomic E-state index is -4.02. The van der Waals surface area contributed by atoms with Crippen LogP contribution in [0.4, 0.5) is 0 Å². The third-order valence-corrected chi connectivity index (χ3v) is 13.7. The van der Waals surface area contributed by atoms with Gasteiger partial charge in [-0.3, -0.25) is 4.79 Å². The Bertz CT molecular complexity index is 1740. The number of fused-ring (bicyclic) bond motifs is 1. The van der Waals surface area contributed by atoms with E-state index in [1.54, 1.807) is 12.1 Å². The van der Waals surface area contributed by atoms with E-state index in [1.165, 1.54) is 9.88 Å². The van der Waals surface area contributed by atoms with Crippen molar-refractivity contribution in [1.29, 1.82) is 0 Å². The number of hydrogen-bond acceptors (Lipinski definition) is 6. The first-order valence-corrected chi connectivity index (χ1v) is 18.4. The number of allylic oxidation sites excluding steroid dienone is 2. The smallest absolute Gasteiger partial charge is 0.335 e. The third kappa shape index (κ3) is 5.89. The van der Waals surface area contributed by atoms with E-state index >= 15 is 0 Å². The topological polar surface area (TPSA) is 129 Å². The number of rotatable bonds is 7. The highest BCUT2D eigenvalue weighted by molar-refractivity contribution is 8.06. The lowest BCUT2D eigenvalue weighted by Gasteiger charge is -2.52. The van der Waals surface area contributed by atoms with Gasteiger partial charge in [-0.15, -0.1) is 0 Å². The van der Waals surface area contributed by atoms with Gasteiger partial charge in [-0.1, -0.05) is 81.0 Å². The number of carbonyl (C=O) groups is 2. The van der Waals surface area contributed by atoms with Crippen molar-refractivity contribution in [1.82, 2.24) is 9.21 Å². The van der Waals surface area contributed by atoms with Gasteiger partial charge in [0.1, 0.15) is 0 Å².